The van der Waals surface area contributed by atoms with Crippen molar-refractivity contribution in [2.75, 3.05) is 11.1 Å². The predicted octanol–water partition coefficient (Wildman–Crippen LogP) is 4.10. The summed E-state index contributed by atoms with van der Waals surface area (Å²) in [7, 11) is 0. The maximum atomic E-state index is 13.0. The molecular weight excluding hydrogens is 384 g/mol. The minimum atomic E-state index is -0.173. The van der Waals surface area contributed by atoms with Crippen LogP contribution >= 0.6 is 11.8 Å². The summed E-state index contributed by atoms with van der Waals surface area (Å²) in [5.41, 5.74) is 3.58. The molecule has 4 aromatic rings. The lowest BCUT2D eigenvalue weighted by Gasteiger charge is -2.10. The molecule has 0 fully saturated rings. The number of allylic oxidation sites excluding steroid dienone is 1. The number of rotatable bonds is 6. The molecule has 4 rings (SSSR count). The Morgan fingerprint density at radius 2 is 2.10 bits per heavy atom. The van der Waals surface area contributed by atoms with Crippen LogP contribution in [0.15, 0.2) is 71.1 Å². The highest BCUT2D eigenvalue weighted by molar-refractivity contribution is 7.99. The summed E-state index contributed by atoms with van der Waals surface area (Å²) in [5, 5.41) is 4.26. The fourth-order valence-corrected chi connectivity index (χ4v) is 4.03. The molecule has 0 saturated carbocycles. The van der Waals surface area contributed by atoms with Gasteiger partial charge in [0.2, 0.25) is 5.91 Å². The molecule has 2 heterocycles. The van der Waals surface area contributed by atoms with Crippen molar-refractivity contribution in [3.05, 3.63) is 77.1 Å². The van der Waals surface area contributed by atoms with Crippen molar-refractivity contribution >= 4 is 45.3 Å². The predicted molar refractivity (Wildman–Crippen MR) is 119 cm³/mol. The van der Waals surface area contributed by atoms with Crippen molar-refractivity contribution in [1.29, 1.82) is 0 Å². The third-order valence-electron chi connectivity index (χ3n) is 4.52. The highest BCUT2D eigenvalue weighted by Gasteiger charge is 2.16. The smallest absolute Gasteiger partial charge is 0.278 e. The molecular formula is C22H20N4O2S. The standard InChI is InChI=1S/C22H20N4O2S/c1-3-11-26-21(28)20-19(16-9-4-5-10-17(16)24-20)25-22(26)29-13-18(27)23-15-8-6-7-14(2)12-15/h3-10,12,24H,1,11,13H2,2H3,(H,23,27). The number of para-hydroxylation sites is 1. The minimum Gasteiger partial charge on any atom is -0.349 e. The van der Waals surface area contributed by atoms with Gasteiger partial charge in [0.05, 0.1) is 5.75 Å². The van der Waals surface area contributed by atoms with Gasteiger partial charge in [0.15, 0.2) is 5.16 Å². The van der Waals surface area contributed by atoms with E-state index in [1.807, 2.05) is 55.5 Å². The second-order valence-corrected chi connectivity index (χ2v) is 7.64. The van der Waals surface area contributed by atoms with E-state index in [1.54, 1.807) is 6.08 Å². The number of thioether (sulfide) groups is 1. The lowest BCUT2D eigenvalue weighted by atomic mass is 10.2. The number of carbonyl (C=O) groups excluding carboxylic acids is 1. The van der Waals surface area contributed by atoms with Gasteiger partial charge in [0.1, 0.15) is 11.0 Å². The van der Waals surface area contributed by atoms with Gasteiger partial charge in [0, 0.05) is 23.1 Å². The van der Waals surface area contributed by atoms with E-state index in [1.165, 1.54) is 16.3 Å². The molecule has 2 aromatic carbocycles. The Labute approximate surface area is 171 Å². The van der Waals surface area contributed by atoms with Crippen LogP contribution < -0.4 is 10.9 Å². The van der Waals surface area contributed by atoms with Crippen molar-refractivity contribution in [2.45, 2.75) is 18.6 Å². The molecule has 7 heteroatoms. The zero-order valence-electron chi connectivity index (χ0n) is 15.9. The quantitative estimate of drug-likeness (QED) is 0.288. The molecule has 2 N–H and O–H groups in total. The van der Waals surface area contributed by atoms with E-state index in [-0.39, 0.29) is 17.2 Å². The molecule has 6 nitrogen and oxygen atoms in total. The van der Waals surface area contributed by atoms with Crippen LogP contribution in [0.1, 0.15) is 5.56 Å². The average molecular weight is 404 g/mol. The number of hydrogen-bond donors (Lipinski definition) is 2. The summed E-state index contributed by atoms with van der Waals surface area (Å²) >= 11 is 1.24. The van der Waals surface area contributed by atoms with E-state index in [0.717, 1.165) is 22.2 Å². The van der Waals surface area contributed by atoms with Crippen LogP contribution in [0, 0.1) is 6.92 Å². The van der Waals surface area contributed by atoms with Crippen LogP contribution in [-0.4, -0.2) is 26.2 Å². The number of aromatic amines is 1. The summed E-state index contributed by atoms with van der Waals surface area (Å²) in [6.45, 7) is 6.02. The van der Waals surface area contributed by atoms with Crippen LogP contribution in [0.25, 0.3) is 21.9 Å². The van der Waals surface area contributed by atoms with Crippen molar-refractivity contribution in [3.63, 3.8) is 0 Å². The maximum Gasteiger partial charge on any atom is 0.278 e. The zero-order valence-corrected chi connectivity index (χ0v) is 16.8. The number of nitrogens with one attached hydrogen (secondary N) is 2. The molecule has 1 amide bonds. The first-order valence-electron chi connectivity index (χ1n) is 9.18. The number of nitrogens with zero attached hydrogens (tertiary/aromatic N) is 2. The summed E-state index contributed by atoms with van der Waals surface area (Å²) in [4.78, 5) is 33.3. The molecule has 0 radical (unpaired) electrons. The third kappa shape index (κ3) is 3.82. The van der Waals surface area contributed by atoms with Gasteiger partial charge >= 0.3 is 0 Å². The van der Waals surface area contributed by atoms with Crippen molar-refractivity contribution in [3.8, 4) is 0 Å². The van der Waals surface area contributed by atoms with Gasteiger partial charge in [-0.2, -0.15) is 0 Å². The number of benzene rings is 2. The molecule has 146 valence electrons. The average Bonchev–Trinajstić information content (AvgIpc) is 3.08. The Kier molecular flexibility index (Phi) is 5.22. The molecule has 0 saturated heterocycles. The van der Waals surface area contributed by atoms with Crippen molar-refractivity contribution in [2.24, 2.45) is 0 Å². The molecule has 0 bridgehead atoms. The lowest BCUT2D eigenvalue weighted by Crippen LogP contribution is -2.23. The van der Waals surface area contributed by atoms with E-state index in [0.29, 0.717) is 22.7 Å². The monoisotopic (exact) mass is 404 g/mol. The lowest BCUT2D eigenvalue weighted by molar-refractivity contribution is -0.113. The van der Waals surface area contributed by atoms with Crippen molar-refractivity contribution in [1.82, 2.24) is 14.5 Å². The molecule has 29 heavy (non-hydrogen) atoms. The zero-order chi connectivity index (χ0) is 20.4. The number of anilines is 1. The Morgan fingerprint density at radius 1 is 1.28 bits per heavy atom. The number of hydrogen-bond acceptors (Lipinski definition) is 4. The highest BCUT2D eigenvalue weighted by atomic mass is 32.2. The molecule has 0 spiro atoms. The van der Waals surface area contributed by atoms with Gasteiger partial charge in [-0.1, -0.05) is 48.2 Å². The molecule has 0 aliphatic heterocycles. The summed E-state index contributed by atoms with van der Waals surface area (Å²) in [5.74, 6) is -0.00945. The fraction of sp³-hybridized carbons (Fsp3) is 0.136. The second-order valence-electron chi connectivity index (χ2n) is 6.70. The summed E-state index contributed by atoms with van der Waals surface area (Å²) in [6.07, 6.45) is 1.65. The Bertz CT molecular complexity index is 1290. The fourth-order valence-electron chi connectivity index (χ4n) is 3.23. The number of H-pyrrole nitrogens is 1. The van der Waals surface area contributed by atoms with Crippen LogP contribution in [0.3, 0.4) is 0 Å². The Hall–Kier alpha value is -3.32. The van der Waals surface area contributed by atoms with Gasteiger partial charge < -0.3 is 10.3 Å². The number of fused-ring (bicyclic) bond motifs is 3. The normalized spacial score (nSPS) is 11.1. The molecule has 0 aliphatic rings. The van der Waals surface area contributed by atoms with Crippen molar-refractivity contribution < 1.29 is 4.79 Å². The van der Waals surface area contributed by atoms with Crippen LogP contribution in [0.5, 0.6) is 0 Å². The van der Waals surface area contributed by atoms with E-state index in [2.05, 4.69) is 16.9 Å². The van der Waals surface area contributed by atoms with Crippen LogP contribution in [-0.2, 0) is 11.3 Å². The van der Waals surface area contributed by atoms with Gasteiger partial charge in [-0.15, -0.1) is 6.58 Å². The van der Waals surface area contributed by atoms with Crippen LogP contribution in [0.4, 0.5) is 5.69 Å². The Morgan fingerprint density at radius 3 is 2.90 bits per heavy atom. The molecule has 2 aromatic heterocycles. The van der Waals surface area contributed by atoms with E-state index in [9.17, 15) is 9.59 Å². The minimum absolute atomic E-state index is 0.144. The number of carbonyl (C=O) groups is 1. The summed E-state index contributed by atoms with van der Waals surface area (Å²) < 4.78 is 1.54. The molecule has 0 unspecified atom stereocenters. The van der Waals surface area contributed by atoms with Crippen LogP contribution in [0.2, 0.25) is 0 Å². The maximum absolute atomic E-state index is 13.0. The third-order valence-corrected chi connectivity index (χ3v) is 5.50. The SMILES string of the molecule is C=CCn1c(SCC(=O)Nc2cccc(C)c2)nc2c([nH]c3ccccc32)c1=O. The van der Waals surface area contributed by atoms with E-state index >= 15 is 0 Å². The van der Waals surface area contributed by atoms with Gasteiger partial charge in [-0.05, 0) is 30.7 Å². The Balaban J connectivity index is 1.65. The largest absolute Gasteiger partial charge is 0.349 e. The van der Waals surface area contributed by atoms with Gasteiger partial charge in [-0.25, -0.2) is 4.98 Å². The molecule has 0 aliphatic carbocycles. The van der Waals surface area contributed by atoms with Gasteiger partial charge in [0.25, 0.3) is 5.56 Å². The highest BCUT2D eigenvalue weighted by Crippen LogP contribution is 2.24. The molecule has 0 atom stereocenters. The first kappa shape index (κ1) is 19.0. The first-order chi connectivity index (χ1) is 14.1. The van der Waals surface area contributed by atoms with Gasteiger partial charge in [-0.3, -0.25) is 14.2 Å². The number of aryl methyl sites for hydroxylation is 1. The number of amides is 1. The first-order valence-corrected chi connectivity index (χ1v) is 10.2. The topological polar surface area (TPSA) is 79.8 Å². The second kappa shape index (κ2) is 7.97. The number of aromatic nitrogens is 3. The summed E-state index contributed by atoms with van der Waals surface area (Å²) in [6, 6.07) is 15.3. The van der Waals surface area contributed by atoms with E-state index < -0.39 is 0 Å². The van der Waals surface area contributed by atoms with E-state index in [4.69, 9.17) is 4.98 Å².